The lowest BCUT2D eigenvalue weighted by Crippen LogP contribution is -2.15. The van der Waals surface area contributed by atoms with Gasteiger partial charge in [-0.1, -0.05) is 41.9 Å². The molecule has 0 aliphatic carbocycles. The maximum atomic E-state index is 12.5. The third-order valence-corrected chi connectivity index (χ3v) is 4.45. The predicted octanol–water partition coefficient (Wildman–Crippen LogP) is 4.72. The van der Waals surface area contributed by atoms with E-state index in [1.54, 1.807) is 48.5 Å². The van der Waals surface area contributed by atoms with E-state index >= 15 is 0 Å². The Labute approximate surface area is 165 Å². The fourth-order valence-corrected chi connectivity index (χ4v) is 3.00. The molecule has 3 aromatic carbocycles. The molecule has 138 valence electrons. The number of para-hydroxylation sites is 2. The Bertz CT molecular complexity index is 1150. The predicted molar refractivity (Wildman–Crippen MR) is 110 cm³/mol. The second kappa shape index (κ2) is 7.54. The van der Waals surface area contributed by atoms with Gasteiger partial charge in [-0.05, 0) is 42.5 Å². The summed E-state index contributed by atoms with van der Waals surface area (Å²) in [6.45, 7) is 0. The lowest BCUT2D eigenvalue weighted by molar-refractivity contribution is 0.101. The second-order valence-electron chi connectivity index (χ2n) is 6.07. The molecule has 0 aliphatic rings. The highest BCUT2D eigenvalue weighted by Gasteiger charge is 2.13. The molecule has 4 rings (SSSR count). The maximum absolute atomic E-state index is 12.5. The number of anilines is 2. The first-order valence-electron chi connectivity index (χ1n) is 8.52. The molecule has 6 nitrogen and oxygen atoms in total. The van der Waals surface area contributed by atoms with Crippen molar-refractivity contribution in [3.63, 3.8) is 0 Å². The summed E-state index contributed by atoms with van der Waals surface area (Å²) in [7, 11) is 0. The number of halogens is 1. The lowest BCUT2D eigenvalue weighted by Gasteiger charge is -2.08. The average Bonchev–Trinajstić information content (AvgIpc) is 3.10. The van der Waals surface area contributed by atoms with Crippen LogP contribution in [0.3, 0.4) is 0 Å². The number of rotatable bonds is 4. The minimum Gasteiger partial charge on any atom is -0.324 e. The maximum Gasteiger partial charge on any atom is 0.258 e. The molecule has 0 fully saturated rings. The van der Waals surface area contributed by atoms with Crippen LogP contribution in [-0.2, 0) is 0 Å². The average molecular weight is 391 g/mol. The van der Waals surface area contributed by atoms with Crippen LogP contribution in [0.25, 0.3) is 11.0 Å². The molecule has 0 unspecified atom stereocenters. The standard InChI is InChI=1S/C21H15ClN4O2/c22-16-9-2-1-8-15(16)20(28)23-14-7-5-6-13(12-14)19(27)26-21-24-17-10-3-4-11-18(17)25-21/h1-12H,(H,23,28)(H2,24,25,26,27). The minimum absolute atomic E-state index is 0.340. The van der Waals surface area contributed by atoms with Crippen molar-refractivity contribution in [2.24, 2.45) is 0 Å². The number of fused-ring (bicyclic) bond motifs is 1. The smallest absolute Gasteiger partial charge is 0.258 e. The quantitative estimate of drug-likeness (QED) is 0.471. The monoisotopic (exact) mass is 390 g/mol. The number of nitrogens with one attached hydrogen (secondary N) is 3. The number of H-pyrrole nitrogens is 1. The highest BCUT2D eigenvalue weighted by atomic mass is 35.5. The normalized spacial score (nSPS) is 10.6. The number of aromatic amines is 1. The number of aromatic nitrogens is 2. The van der Waals surface area contributed by atoms with Crippen molar-refractivity contribution in [1.29, 1.82) is 0 Å². The summed E-state index contributed by atoms with van der Waals surface area (Å²) in [4.78, 5) is 32.3. The Balaban J connectivity index is 1.50. The van der Waals surface area contributed by atoms with Crippen molar-refractivity contribution < 1.29 is 9.59 Å². The van der Waals surface area contributed by atoms with E-state index in [1.807, 2.05) is 24.3 Å². The molecular formula is C21H15ClN4O2. The van der Waals surface area contributed by atoms with Crippen LogP contribution in [0.1, 0.15) is 20.7 Å². The van der Waals surface area contributed by atoms with Crippen LogP contribution in [0.15, 0.2) is 72.8 Å². The van der Waals surface area contributed by atoms with Gasteiger partial charge in [0.2, 0.25) is 5.95 Å². The number of benzene rings is 3. The molecule has 4 aromatic rings. The fourth-order valence-electron chi connectivity index (χ4n) is 2.77. The number of hydrogen-bond donors (Lipinski definition) is 3. The van der Waals surface area contributed by atoms with Gasteiger partial charge in [0, 0.05) is 11.3 Å². The molecule has 0 radical (unpaired) electrons. The molecule has 28 heavy (non-hydrogen) atoms. The van der Waals surface area contributed by atoms with Crippen molar-refractivity contribution in [1.82, 2.24) is 9.97 Å². The van der Waals surface area contributed by atoms with Crippen molar-refractivity contribution in [3.05, 3.63) is 88.9 Å². The van der Waals surface area contributed by atoms with Crippen LogP contribution in [-0.4, -0.2) is 21.8 Å². The largest absolute Gasteiger partial charge is 0.324 e. The Kier molecular flexibility index (Phi) is 4.78. The summed E-state index contributed by atoms with van der Waals surface area (Å²) in [5.74, 6) is -0.329. The molecule has 2 amide bonds. The van der Waals surface area contributed by atoms with Crippen LogP contribution in [0.5, 0.6) is 0 Å². The first-order chi connectivity index (χ1) is 13.6. The SMILES string of the molecule is O=C(Nc1nc2ccccc2[nH]1)c1cccc(NC(=O)c2ccccc2Cl)c1. The molecule has 0 saturated carbocycles. The second-order valence-corrected chi connectivity index (χ2v) is 6.48. The van der Waals surface area contributed by atoms with Gasteiger partial charge in [-0.3, -0.25) is 14.9 Å². The molecule has 0 bridgehead atoms. The zero-order valence-electron chi connectivity index (χ0n) is 14.6. The van der Waals surface area contributed by atoms with Gasteiger partial charge in [0.05, 0.1) is 21.6 Å². The molecule has 1 heterocycles. The van der Waals surface area contributed by atoms with Gasteiger partial charge in [-0.15, -0.1) is 0 Å². The Morgan fingerprint density at radius 1 is 0.857 bits per heavy atom. The van der Waals surface area contributed by atoms with E-state index in [9.17, 15) is 9.59 Å². The number of carbonyl (C=O) groups is 2. The number of amides is 2. The van der Waals surface area contributed by atoms with Crippen LogP contribution in [0, 0.1) is 0 Å². The summed E-state index contributed by atoms with van der Waals surface area (Å²) >= 11 is 6.06. The van der Waals surface area contributed by atoms with Gasteiger partial charge >= 0.3 is 0 Å². The third kappa shape index (κ3) is 3.72. The zero-order chi connectivity index (χ0) is 19.5. The molecule has 0 saturated heterocycles. The van der Waals surface area contributed by atoms with E-state index in [-0.39, 0.29) is 11.8 Å². The van der Waals surface area contributed by atoms with Crippen molar-refractivity contribution in [3.8, 4) is 0 Å². The van der Waals surface area contributed by atoms with Crippen LogP contribution in [0.4, 0.5) is 11.6 Å². The fraction of sp³-hybridized carbons (Fsp3) is 0. The first kappa shape index (κ1) is 17.8. The van der Waals surface area contributed by atoms with Crippen LogP contribution < -0.4 is 10.6 Å². The number of nitrogens with zero attached hydrogens (tertiary/aromatic N) is 1. The van der Waals surface area contributed by atoms with E-state index in [1.165, 1.54) is 0 Å². The number of carbonyl (C=O) groups excluding carboxylic acids is 2. The zero-order valence-corrected chi connectivity index (χ0v) is 15.3. The Morgan fingerprint density at radius 2 is 1.64 bits per heavy atom. The minimum atomic E-state index is -0.347. The highest BCUT2D eigenvalue weighted by molar-refractivity contribution is 6.34. The van der Waals surface area contributed by atoms with Gasteiger partial charge in [0.1, 0.15) is 0 Å². The van der Waals surface area contributed by atoms with Crippen LogP contribution in [0.2, 0.25) is 5.02 Å². The van der Waals surface area contributed by atoms with Gasteiger partial charge in [-0.2, -0.15) is 0 Å². The summed E-state index contributed by atoms with van der Waals surface area (Å²) in [6.07, 6.45) is 0. The van der Waals surface area contributed by atoms with Gasteiger partial charge in [-0.25, -0.2) is 4.98 Å². The van der Waals surface area contributed by atoms with E-state index in [0.717, 1.165) is 11.0 Å². The van der Waals surface area contributed by atoms with Crippen molar-refractivity contribution in [2.75, 3.05) is 10.6 Å². The van der Waals surface area contributed by atoms with Crippen molar-refractivity contribution in [2.45, 2.75) is 0 Å². The molecule has 1 aromatic heterocycles. The molecule has 0 spiro atoms. The van der Waals surface area contributed by atoms with Crippen molar-refractivity contribution >= 4 is 46.1 Å². The third-order valence-electron chi connectivity index (χ3n) is 4.12. The van der Waals surface area contributed by atoms with Gasteiger partial charge in [0.25, 0.3) is 11.8 Å². The molecule has 0 aliphatic heterocycles. The number of imidazole rings is 1. The molecular weight excluding hydrogens is 376 g/mol. The van der Waals surface area contributed by atoms with E-state index < -0.39 is 0 Å². The summed E-state index contributed by atoms with van der Waals surface area (Å²) < 4.78 is 0. The Morgan fingerprint density at radius 3 is 2.46 bits per heavy atom. The van der Waals surface area contributed by atoms with E-state index in [4.69, 9.17) is 11.6 Å². The summed E-state index contributed by atoms with van der Waals surface area (Å²) in [6, 6.07) is 20.9. The van der Waals surface area contributed by atoms with Gasteiger partial charge < -0.3 is 10.3 Å². The van der Waals surface area contributed by atoms with E-state index in [0.29, 0.717) is 27.8 Å². The van der Waals surface area contributed by atoms with Crippen LogP contribution >= 0.6 is 11.6 Å². The highest BCUT2D eigenvalue weighted by Crippen LogP contribution is 2.19. The molecule has 0 atom stereocenters. The summed E-state index contributed by atoms with van der Waals surface area (Å²) in [5, 5.41) is 5.84. The Hall–Kier alpha value is -3.64. The topological polar surface area (TPSA) is 86.9 Å². The first-order valence-corrected chi connectivity index (χ1v) is 8.90. The number of hydrogen-bond acceptors (Lipinski definition) is 3. The molecule has 7 heteroatoms. The van der Waals surface area contributed by atoms with E-state index in [2.05, 4.69) is 20.6 Å². The summed E-state index contributed by atoms with van der Waals surface area (Å²) in [5.41, 5.74) is 2.83. The molecule has 3 N–H and O–H groups in total. The van der Waals surface area contributed by atoms with Gasteiger partial charge in [0.15, 0.2) is 0 Å². The lowest BCUT2D eigenvalue weighted by atomic mass is 10.1.